The molecule has 0 atom stereocenters. The van der Waals surface area contributed by atoms with Crippen LogP contribution in [0.1, 0.15) is 10.4 Å². The van der Waals surface area contributed by atoms with Crippen molar-refractivity contribution < 1.29 is 17.6 Å². The molecule has 1 amide bonds. The molecule has 0 aromatic heterocycles. The number of halogens is 4. The maximum Gasteiger partial charge on any atom is 0.263 e. The predicted molar refractivity (Wildman–Crippen MR) is 133 cm³/mol. The summed E-state index contributed by atoms with van der Waals surface area (Å²) >= 11 is 18.2. The van der Waals surface area contributed by atoms with Crippen molar-refractivity contribution in [1.29, 1.82) is 0 Å². The minimum absolute atomic E-state index is 0.0495. The van der Waals surface area contributed by atoms with E-state index < -0.39 is 10.0 Å². The molecule has 1 aliphatic heterocycles. The summed E-state index contributed by atoms with van der Waals surface area (Å²) in [7, 11) is -4.17. The van der Waals surface area contributed by atoms with E-state index in [-0.39, 0.29) is 37.9 Å². The lowest BCUT2D eigenvalue weighted by atomic mass is 10.1. The lowest BCUT2D eigenvalue weighted by molar-refractivity contribution is 0.0746. The minimum atomic E-state index is -4.17. The molecule has 178 valence electrons. The highest BCUT2D eigenvalue weighted by Gasteiger charge is 2.26. The van der Waals surface area contributed by atoms with Crippen LogP contribution in [0, 0.1) is 5.82 Å². The highest BCUT2D eigenvalue weighted by atomic mass is 35.5. The molecule has 1 N–H and O–H groups in total. The maximum absolute atomic E-state index is 14.1. The number of piperazine rings is 1. The average Bonchev–Trinajstić information content (AvgIpc) is 2.81. The van der Waals surface area contributed by atoms with Gasteiger partial charge in [-0.2, -0.15) is 0 Å². The fourth-order valence-corrected chi connectivity index (χ4v) is 5.65. The van der Waals surface area contributed by atoms with Gasteiger partial charge in [-0.05, 0) is 48.5 Å². The zero-order valence-corrected chi connectivity index (χ0v) is 20.7. The van der Waals surface area contributed by atoms with Crippen LogP contribution in [-0.4, -0.2) is 45.4 Å². The number of amides is 1. The molecule has 0 radical (unpaired) electrons. The van der Waals surface area contributed by atoms with Crippen LogP contribution in [0.3, 0.4) is 0 Å². The Morgan fingerprint density at radius 3 is 2.26 bits per heavy atom. The molecule has 0 saturated carbocycles. The van der Waals surface area contributed by atoms with Crippen LogP contribution in [0.2, 0.25) is 15.1 Å². The molecule has 34 heavy (non-hydrogen) atoms. The van der Waals surface area contributed by atoms with Gasteiger partial charge in [0.2, 0.25) is 0 Å². The Bertz CT molecular complexity index is 1350. The number of nitrogens with zero attached hydrogens (tertiary/aromatic N) is 2. The molecule has 4 rings (SSSR count). The predicted octanol–water partition coefficient (Wildman–Crippen LogP) is 5.55. The second-order valence-electron chi connectivity index (χ2n) is 7.61. The first kappa shape index (κ1) is 24.6. The molecule has 0 aliphatic carbocycles. The SMILES string of the molecule is O=C(c1ccc(Cl)c(S(=O)(=O)Nc2cc(Cl)ccc2Cl)c1)N1CCN(c2ccccc2F)CC1. The highest BCUT2D eigenvalue weighted by Crippen LogP contribution is 2.30. The quantitative estimate of drug-likeness (QED) is 0.459. The normalized spacial score (nSPS) is 14.2. The number of carbonyl (C=O) groups is 1. The number of anilines is 2. The Hall–Kier alpha value is -2.52. The molecule has 1 fully saturated rings. The Balaban J connectivity index is 1.52. The Morgan fingerprint density at radius 2 is 1.56 bits per heavy atom. The third-order valence-electron chi connectivity index (χ3n) is 5.40. The van der Waals surface area contributed by atoms with E-state index in [4.69, 9.17) is 34.8 Å². The Morgan fingerprint density at radius 1 is 0.882 bits per heavy atom. The topological polar surface area (TPSA) is 69.7 Å². The first-order valence-corrected chi connectivity index (χ1v) is 12.8. The third kappa shape index (κ3) is 5.25. The van der Waals surface area contributed by atoms with Gasteiger partial charge in [-0.25, -0.2) is 12.8 Å². The molecular formula is C23H19Cl3FN3O3S. The smallest absolute Gasteiger partial charge is 0.263 e. The number of benzene rings is 3. The third-order valence-corrected chi connectivity index (χ3v) is 7.81. The van der Waals surface area contributed by atoms with Crippen LogP contribution in [0.15, 0.2) is 65.6 Å². The van der Waals surface area contributed by atoms with Gasteiger partial charge < -0.3 is 9.80 Å². The van der Waals surface area contributed by atoms with Gasteiger partial charge >= 0.3 is 0 Å². The summed E-state index contributed by atoms with van der Waals surface area (Å²) in [5, 5.41) is 0.405. The summed E-state index contributed by atoms with van der Waals surface area (Å²) in [5.41, 5.74) is 0.743. The van der Waals surface area contributed by atoms with Crippen LogP contribution in [0.4, 0.5) is 15.8 Å². The Labute approximate surface area is 211 Å². The molecule has 3 aromatic carbocycles. The molecular weight excluding hydrogens is 524 g/mol. The van der Waals surface area contributed by atoms with Crippen LogP contribution >= 0.6 is 34.8 Å². The number of nitrogens with one attached hydrogen (secondary N) is 1. The zero-order chi connectivity index (χ0) is 24.5. The largest absolute Gasteiger partial charge is 0.366 e. The lowest BCUT2D eigenvalue weighted by Gasteiger charge is -2.36. The van der Waals surface area contributed by atoms with Gasteiger partial charge in [0, 0.05) is 36.8 Å². The van der Waals surface area contributed by atoms with Crippen molar-refractivity contribution in [1.82, 2.24) is 4.90 Å². The zero-order valence-electron chi connectivity index (χ0n) is 17.6. The van der Waals surface area contributed by atoms with Crippen molar-refractivity contribution >= 4 is 62.1 Å². The fourth-order valence-electron chi connectivity index (χ4n) is 3.66. The van der Waals surface area contributed by atoms with E-state index in [1.165, 1.54) is 42.5 Å². The highest BCUT2D eigenvalue weighted by molar-refractivity contribution is 7.92. The maximum atomic E-state index is 14.1. The summed E-state index contributed by atoms with van der Waals surface area (Å²) in [4.78, 5) is 16.3. The van der Waals surface area contributed by atoms with Crippen molar-refractivity contribution in [3.05, 3.63) is 87.1 Å². The summed E-state index contributed by atoms with van der Waals surface area (Å²) in [6, 6.07) is 14.9. The molecule has 1 saturated heterocycles. The average molecular weight is 543 g/mol. The van der Waals surface area contributed by atoms with E-state index in [0.29, 0.717) is 36.9 Å². The summed E-state index contributed by atoms with van der Waals surface area (Å²) in [6.45, 7) is 1.60. The summed E-state index contributed by atoms with van der Waals surface area (Å²) < 4.78 is 42.5. The van der Waals surface area contributed by atoms with Crippen LogP contribution in [0.25, 0.3) is 0 Å². The number of hydrogen-bond acceptors (Lipinski definition) is 4. The van der Waals surface area contributed by atoms with Crippen molar-refractivity contribution in [2.75, 3.05) is 35.8 Å². The van der Waals surface area contributed by atoms with Gasteiger partial charge in [-0.1, -0.05) is 46.9 Å². The molecule has 0 bridgehead atoms. The molecule has 11 heteroatoms. The molecule has 3 aromatic rings. The van der Waals surface area contributed by atoms with Crippen molar-refractivity contribution in [2.24, 2.45) is 0 Å². The molecule has 6 nitrogen and oxygen atoms in total. The summed E-state index contributed by atoms with van der Waals surface area (Å²) in [5.74, 6) is -0.663. The van der Waals surface area contributed by atoms with E-state index in [1.54, 1.807) is 23.1 Å². The monoisotopic (exact) mass is 541 g/mol. The number of para-hydroxylation sites is 1. The molecule has 0 spiro atoms. The fraction of sp³-hybridized carbons (Fsp3) is 0.174. The van der Waals surface area contributed by atoms with Crippen molar-refractivity contribution in [3.63, 3.8) is 0 Å². The van der Waals surface area contributed by atoms with Gasteiger partial charge in [-0.15, -0.1) is 0 Å². The first-order valence-electron chi connectivity index (χ1n) is 10.2. The standard InChI is InChI=1S/C23H19Cl3FN3O3S/c24-16-6-8-17(25)20(14-16)28-34(32,33)22-13-15(5-7-18(22)26)23(31)30-11-9-29(10-12-30)21-4-2-1-3-19(21)27/h1-8,13-14,28H,9-12H2. The number of carbonyl (C=O) groups excluding carboxylic acids is 1. The van der Waals surface area contributed by atoms with Gasteiger partial charge in [-0.3, -0.25) is 9.52 Å². The Kier molecular flexibility index (Phi) is 7.23. The second-order valence-corrected chi connectivity index (χ2v) is 10.5. The van der Waals surface area contributed by atoms with Crippen molar-refractivity contribution in [3.8, 4) is 0 Å². The van der Waals surface area contributed by atoms with E-state index in [2.05, 4.69) is 4.72 Å². The van der Waals surface area contributed by atoms with E-state index in [0.717, 1.165) is 0 Å². The molecule has 0 unspecified atom stereocenters. The number of sulfonamides is 1. The number of rotatable bonds is 5. The van der Waals surface area contributed by atoms with E-state index in [1.807, 2.05) is 4.90 Å². The van der Waals surface area contributed by atoms with Crippen LogP contribution in [-0.2, 0) is 10.0 Å². The van der Waals surface area contributed by atoms with Crippen LogP contribution < -0.4 is 9.62 Å². The first-order chi connectivity index (χ1) is 16.2. The van der Waals surface area contributed by atoms with Gasteiger partial charge in [0.15, 0.2) is 0 Å². The molecule has 1 heterocycles. The van der Waals surface area contributed by atoms with Gasteiger partial charge in [0.05, 0.1) is 21.4 Å². The van der Waals surface area contributed by atoms with Crippen molar-refractivity contribution in [2.45, 2.75) is 4.90 Å². The van der Waals surface area contributed by atoms with Gasteiger partial charge in [0.25, 0.3) is 15.9 Å². The van der Waals surface area contributed by atoms with E-state index >= 15 is 0 Å². The van der Waals surface area contributed by atoms with E-state index in [9.17, 15) is 17.6 Å². The second kappa shape index (κ2) is 10.00. The summed E-state index contributed by atoms with van der Waals surface area (Å²) in [6.07, 6.45) is 0. The lowest BCUT2D eigenvalue weighted by Crippen LogP contribution is -2.49. The number of hydrogen-bond donors (Lipinski definition) is 1. The molecule has 1 aliphatic rings. The minimum Gasteiger partial charge on any atom is -0.366 e. The van der Waals surface area contributed by atoms with Crippen LogP contribution in [0.5, 0.6) is 0 Å². The van der Waals surface area contributed by atoms with Gasteiger partial charge in [0.1, 0.15) is 10.7 Å².